The highest BCUT2D eigenvalue weighted by molar-refractivity contribution is 5.35. The first-order valence-electron chi connectivity index (χ1n) is 7.37. The molecule has 1 saturated heterocycles. The van der Waals surface area contributed by atoms with Crippen molar-refractivity contribution < 1.29 is 18.3 Å². The van der Waals surface area contributed by atoms with Gasteiger partial charge in [-0.05, 0) is 43.9 Å². The van der Waals surface area contributed by atoms with Gasteiger partial charge in [-0.2, -0.15) is 0 Å². The normalized spacial score (nSPS) is 19.7. The topological polar surface area (TPSA) is 21.7 Å². The molecule has 0 amide bonds. The third-order valence-electron chi connectivity index (χ3n) is 4.09. The maximum absolute atomic E-state index is 14.0. The van der Waals surface area contributed by atoms with Crippen LogP contribution in [0.5, 0.6) is 5.75 Å². The van der Waals surface area contributed by atoms with Crippen molar-refractivity contribution in [2.75, 3.05) is 33.9 Å². The molecule has 21 heavy (non-hydrogen) atoms. The number of halogens is 2. The Balaban J connectivity index is 2.05. The van der Waals surface area contributed by atoms with Gasteiger partial charge in [0.2, 0.25) is 0 Å². The lowest BCUT2D eigenvalue weighted by Gasteiger charge is -2.33. The van der Waals surface area contributed by atoms with Gasteiger partial charge < -0.3 is 9.47 Å². The summed E-state index contributed by atoms with van der Waals surface area (Å²) in [6.07, 6.45) is 3.26. The lowest BCUT2D eigenvalue weighted by atomic mass is 9.94. The summed E-state index contributed by atoms with van der Waals surface area (Å²) in [5, 5.41) is 0. The molecule has 0 bridgehead atoms. The molecule has 0 aliphatic carbocycles. The average Bonchev–Trinajstić information content (AvgIpc) is 2.50. The fourth-order valence-corrected chi connectivity index (χ4v) is 2.95. The predicted octanol–water partition coefficient (Wildman–Crippen LogP) is 3.22. The fraction of sp³-hybridized carbons (Fsp3) is 0.625. The van der Waals surface area contributed by atoms with Crippen LogP contribution in [0.1, 0.15) is 24.8 Å². The number of methoxy groups -OCH3 is 2. The molecule has 1 aromatic carbocycles. The lowest BCUT2D eigenvalue weighted by Crippen LogP contribution is -2.35. The van der Waals surface area contributed by atoms with E-state index >= 15 is 0 Å². The number of rotatable bonds is 6. The van der Waals surface area contributed by atoms with Gasteiger partial charge in [0.25, 0.3) is 0 Å². The molecule has 5 heteroatoms. The maximum atomic E-state index is 14.0. The minimum absolute atomic E-state index is 0.310. The molecule has 0 N–H and O–H groups in total. The second-order valence-electron chi connectivity index (χ2n) is 5.57. The number of nitrogens with zero attached hydrogens (tertiary/aromatic N) is 1. The van der Waals surface area contributed by atoms with Gasteiger partial charge in [-0.25, -0.2) is 8.78 Å². The van der Waals surface area contributed by atoms with Gasteiger partial charge in [0.15, 0.2) is 11.6 Å². The van der Waals surface area contributed by atoms with Crippen molar-refractivity contribution in [2.45, 2.75) is 25.8 Å². The van der Waals surface area contributed by atoms with E-state index in [1.54, 1.807) is 7.11 Å². The van der Waals surface area contributed by atoms with E-state index in [-0.39, 0.29) is 0 Å². The molecule has 1 aliphatic rings. The third-order valence-corrected chi connectivity index (χ3v) is 4.09. The van der Waals surface area contributed by atoms with Crippen LogP contribution in [0.3, 0.4) is 0 Å². The maximum Gasteiger partial charge on any atom is 0.167 e. The number of ether oxygens (including phenoxy) is 2. The quantitative estimate of drug-likeness (QED) is 0.805. The van der Waals surface area contributed by atoms with Crippen LogP contribution in [0.15, 0.2) is 12.1 Å². The first-order valence-corrected chi connectivity index (χ1v) is 7.37. The Morgan fingerprint density at radius 3 is 2.81 bits per heavy atom. The van der Waals surface area contributed by atoms with Gasteiger partial charge in [0, 0.05) is 32.4 Å². The second-order valence-corrected chi connectivity index (χ2v) is 5.57. The van der Waals surface area contributed by atoms with Crippen LogP contribution in [0, 0.1) is 17.6 Å². The standard InChI is InChI=1S/C16H23F2NO2/c1-20-9-7-12-4-3-8-19(10-12)11-13-15(21-2)6-5-14(17)16(13)18/h5-6,12H,3-4,7-11H2,1-2H3/t12-/m0/s1. The number of hydrogen-bond acceptors (Lipinski definition) is 3. The smallest absolute Gasteiger partial charge is 0.167 e. The van der Waals surface area contributed by atoms with Gasteiger partial charge in [-0.1, -0.05) is 0 Å². The summed E-state index contributed by atoms with van der Waals surface area (Å²) >= 11 is 0. The van der Waals surface area contributed by atoms with Crippen LogP contribution in [-0.2, 0) is 11.3 Å². The number of likely N-dealkylation sites (tertiary alicyclic amines) is 1. The molecule has 0 spiro atoms. The van der Waals surface area contributed by atoms with Gasteiger partial charge >= 0.3 is 0 Å². The number of hydrogen-bond donors (Lipinski definition) is 0. The van der Waals surface area contributed by atoms with Crippen molar-refractivity contribution in [3.63, 3.8) is 0 Å². The summed E-state index contributed by atoms with van der Waals surface area (Å²) in [6, 6.07) is 2.59. The molecular weight excluding hydrogens is 276 g/mol. The van der Waals surface area contributed by atoms with Crippen LogP contribution in [0.2, 0.25) is 0 Å². The van der Waals surface area contributed by atoms with E-state index in [1.807, 2.05) is 0 Å². The van der Waals surface area contributed by atoms with E-state index < -0.39 is 11.6 Å². The molecule has 1 fully saturated rings. The van der Waals surface area contributed by atoms with E-state index in [0.29, 0.717) is 23.8 Å². The SMILES string of the molecule is COCC[C@@H]1CCCN(Cc2c(OC)ccc(F)c2F)C1. The van der Waals surface area contributed by atoms with Crippen LogP contribution in [0.4, 0.5) is 8.78 Å². The van der Waals surface area contributed by atoms with Crippen molar-refractivity contribution in [3.05, 3.63) is 29.3 Å². The minimum Gasteiger partial charge on any atom is -0.496 e. The zero-order valence-corrected chi connectivity index (χ0v) is 12.7. The number of benzene rings is 1. The number of piperidine rings is 1. The van der Waals surface area contributed by atoms with Crippen LogP contribution in [0.25, 0.3) is 0 Å². The molecule has 0 saturated carbocycles. The molecule has 1 aliphatic heterocycles. The molecule has 0 aromatic heterocycles. The van der Waals surface area contributed by atoms with Crippen LogP contribution in [-0.4, -0.2) is 38.8 Å². The van der Waals surface area contributed by atoms with E-state index in [0.717, 1.165) is 38.6 Å². The molecule has 0 unspecified atom stereocenters. The Morgan fingerprint density at radius 2 is 2.10 bits per heavy atom. The summed E-state index contributed by atoms with van der Waals surface area (Å²) in [6.45, 7) is 2.93. The zero-order valence-electron chi connectivity index (χ0n) is 12.7. The summed E-state index contributed by atoms with van der Waals surface area (Å²) in [4.78, 5) is 2.17. The molecule has 1 heterocycles. The highest BCUT2D eigenvalue weighted by atomic mass is 19.2. The summed E-state index contributed by atoms with van der Waals surface area (Å²) < 4.78 is 37.7. The molecule has 0 radical (unpaired) electrons. The molecule has 3 nitrogen and oxygen atoms in total. The average molecular weight is 299 g/mol. The Morgan fingerprint density at radius 1 is 1.29 bits per heavy atom. The molecular formula is C16H23F2NO2. The highest BCUT2D eigenvalue weighted by Gasteiger charge is 2.23. The van der Waals surface area contributed by atoms with E-state index in [9.17, 15) is 8.78 Å². The van der Waals surface area contributed by atoms with Gasteiger partial charge in [0.05, 0.1) is 7.11 Å². The monoisotopic (exact) mass is 299 g/mol. The highest BCUT2D eigenvalue weighted by Crippen LogP contribution is 2.28. The first-order chi connectivity index (χ1) is 10.2. The van der Waals surface area contributed by atoms with Crippen LogP contribution >= 0.6 is 0 Å². The van der Waals surface area contributed by atoms with Gasteiger partial charge in [-0.3, -0.25) is 4.90 Å². The minimum atomic E-state index is -0.821. The van der Waals surface area contributed by atoms with E-state index in [2.05, 4.69) is 4.90 Å². The van der Waals surface area contributed by atoms with Gasteiger partial charge in [0.1, 0.15) is 5.75 Å². The van der Waals surface area contributed by atoms with Crippen molar-refractivity contribution in [2.24, 2.45) is 5.92 Å². The summed E-state index contributed by atoms with van der Waals surface area (Å²) in [7, 11) is 3.18. The van der Waals surface area contributed by atoms with Gasteiger partial charge in [-0.15, -0.1) is 0 Å². The molecule has 118 valence electrons. The Labute approximate surface area is 124 Å². The Bertz CT molecular complexity index is 468. The molecule has 1 aromatic rings. The predicted molar refractivity (Wildman–Crippen MR) is 77.4 cm³/mol. The Kier molecular flexibility index (Phi) is 5.94. The zero-order chi connectivity index (χ0) is 15.2. The summed E-state index contributed by atoms with van der Waals surface area (Å²) in [5.41, 5.74) is 0.310. The largest absolute Gasteiger partial charge is 0.496 e. The van der Waals surface area contributed by atoms with Crippen molar-refractivity contribution in [1.29, 1.82) is 0 Å². The first kappa shape index (κ1) is 16.2. The lowest BCUT2D eigenvalue weighted by molar-refractivity contribution is 0.122. The second kappa shape index (κ2) is 7.71. The van der Waals surface area contributed by atoms with E-state index in [4.69, 9.17) is 9.47 Å². The van der Waals surface area contributed by atoms with Crippen LogP contribution < -0.4 is 4.74 Å². The third kappa shape index (κ3) is 4.14. The van der Waals surface area contributed by atoms with Crippen molar-refractivity contribution in [3.8, 4) is 5.75 Å². The van der Waals surface area contributed by atoms with E-state index in [1.165, 1.54) is 19.6 Å². The van der Waals surface area contributed by atoms with Crippen molar-refractivity contribution >= 4 is 0 Å². The molecule has 1 atom stereocenters. The van der Waals surface area contributed by atoms with Crippen molar-refractivity contribution in [1.82, 2.24) is 4.90 Å². The summed E-state index contributed by atoms with van der Waals surface area (Å²) in [5.74, 6) is -0.652. The molecule has 2 rings (SSSR count). The fourth-order valence-electron chi connectivity index (χ4n) is 2.95. The Hall–Kier alpha value is -1.20.